The molecule has 0 saturated carbocycles. The van der Waals surface area contributed by atoms with Crippen LogP contribution in [0.5, 0.6) is 0 Å². The molecule has 1 heterocycles. The van der Waals surface area contributed by atoms with Crippen molar-refractivity contribution in [1.29, 1.82) is 0 Å². The van der Waals surface area contributed by atoms with Crippen LogP contribution in [0.2, 0.25) is 0 Å². The number of nitrogens with zero attached hydrogens (tertiary/aromatic N) is 1. The van der Waals surface area contributed by atoms with Gasteiger partial charge in [0.25, 0.3) is 0 Å². The molecular weight excluding hydrogens is 244 g/mol. The van der Waals surface area contributed by atoms with E-state index in [1.807, 2.05) is 0 Å². The van der Waals surface area contributed by atoms with Crippen LogP contribution >= 0.6 is 0 Å². The van der Waals surface area contributed by atoms with Gasteiger partial charge in [-0.25, -0.2) is 0 Å². The number of nitrogens with one attached hydrogen (secondary N) is 1. The molecule has 1 aliphatic rings. The van der Waals surface area contributed by atoms with Crippen LogP contribution in [0.4, 0.5) is 5.69 Å². The van der Waals surface area contributed by atoms with E-state index in [-0.39, 0.29) is 0 Å². The molecule has 104 valence electrons. The van der Waals surface area contributed by atoms with E-state index in [0.717, 1.165) is 13.1 Å². The van der Waals surface area contributed by atoms with Gasteiger partial charge in [-0.1, -0.05) is 42.5 Å². The van der Waals surface area contributed by atoms with Gasteiger partial charge < -0.3 is 10.2 Å². The maximum absolute atomic E-state index is 3.60. The molecule has 2 aromatic rings. The Hall–Kier alpha value is -1.80. The SMILES string of the molecule is C[C@H](NCc1ccc2c(c1)CCN2C)c1ccccc1. The molecule has 0 saturated heterocycles. The zero-order valence-electron chi connectivity index (χ0n) is 12.3. The Morgan fingerprint density at radius 2 is 1.95 bits per heavy atom. The van der Waals surface area contributed by atoms with Gasteiger partial charge in [0.15, 0.2) is 0 Å². The lowest BCUT2D eigenvalue weighted by Crippen LogP contribution is -2.18. The van der Waals surface area contributed by atoms with Crippen molar-refractivity contribution in [2.24, 2.45) is 0 Å². The lowest BCUT2D eigenvalue weighted by atomic mass is 10.1. The summed E-state index contributed by atoms with van der Waals surface area (Å²) in [5.74, 6) is 0. The second-order valence-electron chi connectivity index (χ2n) is 5.65. The minimum absolute atomic E-state index is 0.382. The number of hydrogen-bond acceptors (Lipinski definition) is 2. The Labute approximate surface area is 121 Å². The molecule has 2 aromatic carbocycles. The zero-order chi connectivity index (χ0) is 13.9. The number of hydrogen-bond donors (Lipinski definition) is 1. The van der Waals surface area contributed by atoms with Gasteiger partial charge in [-0.2, -0.15) is 0 Å². The first-order chi connectivity index (χ1) is 9.74. The van der Waals surface area contributed by atoms with Gasteiger partial charge in [-0.3, -0.25) is 0 Å². The summed E-state index contributed by atoms with van der Waals surface area (Å²) in [6.07, 6.45) is 1.17. The van der Waals surface area contributed by atoms with Crippen LogP contribution in [0.15, 0.2) is 48.5 Å². The summed E-state index contributed by atoms with van der Waals surface area (Å²) in [4.78, 5) is 2.33. The Morgan fingerprint density at radius 1 is 1.15 bits per heavy atom. The molecule has 3 rings (SSSR count). The summed E-state index contributed by atoms with van der Waals surface area (Å²) < 4.78 is 0. The van der Waals surface area contributed by atoms with Crippen molar-refractivity contribution in [2.75, 3.05) is 18.5 Å². The van der Waals surface area contributed by atoms with E-state index in [1.165, 1.54) is 28.8 Å². The average Bonchev–Trinajstić information content (AvgIpc) is 2.87. The second kappa shape index (κ2) is 5.68. The summed E-state index contributed by atoms with van der Waals surface area (Å²) in [5, 5.41) is 3.60. The van der Waals surface area contributed by atoms with Gasteiger partial charge >= 0.3 is 0 Å². The van der Waals surface area contributed by atoms with E-state index in [2.05, 4.69) is 72.7 Å². The summed E-state index contributed by atoms with van der Waals surface area (Å²) >= 11 is 0. The number of benzene rings is 2. The zero-order valence-corrected chi connectivity index (χ0v) is 12.3. The van der Waals surface area contributed by atoms with E-state index < -0.39 is 0 Å². The molecule has 1 N–H and O–H groups in total. The summed E-state index contributed by atoms with van der Waals surface area (Å²) in [6.45, 7) is 4.29. The molecule has 0 bridgehead atoms. The van der Waals surface area contributed by atoms with Crippen molar-refractivity contribution in [3.63, 3.8) is 0 Å². The molecule has 2 nitrogen and oxygen atoms in total. The van der Waals surface area contributed by atoms with Gasteiger partial charge in [0, 0.05) is 31.9 Å². The van der Waals surface area contributed by atoms with E-state index in [9.17, 15) is 0 Å². The van der Waals surface area contributed by atoms with Crippen LogP contribution < -0.4 is 10.2 Å². The molecule has 2 heteroatoms. The summed E-state index contributed by atoms with van der Waals surface area (Å²) in [7, 11) is 2.17. The van der Waals surface area contributed by atoms with Crippen LogP contribution in [0.25, 0.3) is 0 Å². The molecule has 0 amide bonds. The van der Waals surface area contributed by atoms with Crippen molar-refractivity contribution in [1.82, 2.24) is 5.32 Å². The van der Waals surface area contributed by atoms with Crippen LogP contribution in [0.1, 0.15) is 29.7 Å². The third-order valence-corrected chi connectivity index (χ3v) is 4.18. The highest BCUT2D eigenvalue weighted by Crippen LogP contribution is 2.27. The maximum Gasteiger partial charge on any atom is 0.0397 e. The fourth-order valence-corrected chi connectivity index (χ4v) is 2.86. The number of likely N-dealkylation sites (N-methyl/N-ethyl adjacent to an activating group) is 1. The van der Waals surface area contributed by atoms with E-state index in [1.54, 1.807) is 0 Å². The van der Waals surface area contributed by atoms with E-state index in [4.69, 9.17) is 0 Å². The van der Waals surface area contributed by atoms with Crippen molar-refractivity contribution in [2.45, 2.75) is 25.9 Å². The van der Waals surface area contributed by atoms with Crippen molar-refractivity contribution in [3.05, 3.63) is 65.2 Å². The first-order valence-corrected chi connectivity index (χ1v) is 7.35. The molecule has 0 spiro atoms. The normalized spacial score (nSPS) is 15.2. The van der Waals surface area contributed by atoms with Gasteiger partial charge in [-0.05, 0) is 36.1 Å². The highest BCUT2D eigenvalue weighted by molar-refractivity contribution is 5.58. The first kappa shape index (κ1) is 13.2. The highest BCUT2D eigenvalue weighted by atomic mass is 15.1. The number of anilines is 1. The third kappa shape index (κ3) is 2.70. The van der Waals surface area contributed by atoms with Crippen LogP contribution in [0, 0.1) is 0 Å². The van der Waals surface area contributed by atoms with Gasteiger partial charge in [-0.15, -0.1) is 0 Å². The Balaban J connectivity index is 1.64. The van der Waals surface area contributed by atoms with Gasteiger partial charge in [0.2, 0.25) is 0 Å². The van der Waals surface area contributed by atoms with E-state index in [0.29, 0.717) is 6.04 Å². The highest BCUT2D eigenvalue weighted by Gasteiger charge is 2.15. The fraction of sp³-hybridized carbons (Fsp3) is 0.333. The number of fused-ring (bicyclic) bond motifs is 1. The Morgan fingerprint density at radius 3 is 2.75 bits per heavy atom. The topological polar surface area (TPSA) is 15.3 Å². The Kier molecular flexibility index (Phi) is 3.75. The molecule has 0 fully saturated rings. The molecule has 0 aliphatic carbocycles. The summed E-state index contributed by atoms with van der Waals surface area (Å²) in [6, 6.07) is 17.8. The predicted molar refractivity (Wildman–Crippen MR) is 85.1 cm³/mol. The Bertz CT molecular complexity index is 577. The largest absolute Gasteiger partial charge is 0.374 e. The lowest BCUT2D eigenvalue weighted by molar-refractivity contribution is 0.574. The minimum Gasteiger partial charge on any atom is -0.374 e. The molecular formula is C18H22N2. The quantitative estimate of drug-likeness (QED) is 0.910. The smallest absolute Gasteiger partial charge is 0.0397 e. The van der Waals surface area contributed by atoms with Crippen LogP contribution in [0.3, 0.4) is 0 Å². The van der Waals surface area contributed by atoms with Crippen molar-refractivity contribution >= 4 is 5.69 Å². The number of rotatable bonds is 4. The molecule has 1 atom stereocenters. The fourth-order valence-electron chi connectivity index (χ4n) is 2.86. The minimum atomic E-state index is 0.382. The second-order valence-corrected chi connectivity index (χ2v) is 5.65. The summed E-state index contributed by atoms with van der Waals surface area (Å²) in [5.41, 5.74) is 5.60. The predicted octanol–water partition coefficient (Wildman–Crippen LogP) is 3.53. The monoisotopic (exact) mass is 266 g/mol. The molecule has 20 heavy (non-hydrogen) atoms. The van der Waals surface area contributed by atoms with Gasteiger partial charge in [0.05, 0.1) is 0 Å². The average molecular weight is 266 g/mol. The molecule has 0 radical (unpaired) electrons. The maximum atomic E-state index is 3.60. The van der Waals surface area contributed by atoms with Gasteiger partial charge in [0.1, 0.15) is 0 Å². The first-order valence-electron chi connectivity index (χ1n) is 7.35. The third-order valence-electron chi connectivity index (χ3n) is 4.18. The molecule has 0 unspecified atom stereocenters. The van der Waals surface area contributed by atoms with Crippen LogP contribution in [-0.2, 0) is 13.0 Å². The standard InChI is InChI=1S/C18H22N2/c1-14(16-6-4-3-5-7-16)19-13-15-8-9-18-17(12-15)10-11-20(18)2/h3-9,12,14,19H,10-11,13H2,1-2H3/t14-/m0/s1. The molecule has 0 aromatic heterocycles. The molecule has 1 aliphatic heterocycles. The van der Waals surface area contributed by atoms with Crippen LogP contribution in [-0.4, -0.2) is 13.6 Å². The van der Waals surface area contributed by atoms with Crippen molar-refractivity contribution < 1.29 is 0 Å². The van der Waals surface area contributed by atoms with Crippen molar-refractivity contribution in [3.8, 4) is 0 Å². The lowest BCUT2D eigenvalue weighted by Gasteiger charge is -2.15. The van der Waals surface area contributed by atoms with E-state index >= 15 is 0 Å².